The van der Waals surface area contributed by atoms with Gasteiger partial charge in [-0.3, -0.25) is 0 Å². The SMILES string of the molecule is ClC1[CH]NCCC1. The smallest absolute Gasteiger partial charge is 0.0505 e. The predicted molar refractivity (Wildman–Crippen MR) is 31.2 cm³/mol. The third kappa shape index (κ3) is 1.66. The summed E-state index contributed by atoms with van der Waals surface area (Å²) in [6.45, 7) is 3.05. The fraction of sp³-hybridized carbons (Fsp3) is 0.800. The number of hydrogen-bond acceptors (Lipinski definition) is 1. The summed E-state index contributed by atoms with van der Waals surface area (Å²) >= 11 is 5.70. The molecule has 7 heavy (non-hydrogen) atoms. The van der Waals surface area contributed by atoms with Gasteiger partial charge in [0.15, 0.2) is 0 Å². The Bertz CT molecular complexity index is 50.0. The molecule has 1 atom stereocenters. The van der Waals surface area contributed by atoms with Crippen LogP contribution in [0, 0.1) is 6.54 Å². The van der Waals surface area contributed by atoms with Crippen LogP contribution in [0.5, 0.6) is 0 Å². The molecule has 0 aromatic carbocycles. The van der Waals surface area contributed by atoms with Crippen LogP contribution in [0.15, 0.2) is 0 Å². The normalized spacial score (nSPS) is 33.0. The van der Waals surface area contributed by atoms with Gasteiger partial charge in [0.1, 0.15) is 0 Å². The molecule has 1 nitrogen and oxygen atoms in total. The number of hydrogen-bond donors (Lipinski definition) is 1. The molecule has 1 unspecified atom stereocenters. The first-order valence-electron chi connectivity index (χ1n) is 2.60. The third-order valence-electron chi connectivity index (χ3n) is 1.10. The minimum Gasteiger partial charge on any atom is -0.311 e. The molecule has 1 radical (unpaired) electrons. The van der Waals surface area contributed by atoms with Crippen LogP contribution >= 0.6 is 11.6 Å². The molecule has 0 aromatic heterocycles. The molecule has 0 aromatic rings. The molecular formula is C5H9ClN. The van der Waals surface area contributed by atoms with Gasteiger partial charge in [-0.25, -0.2) is 0 Å². The van der Waals surface area contributed by atoms with Gasteiger partial charge in [-0.15, -0.1) is 11.6 Å². The zero-order valence-electron chi connectivity index (χ0n) is 4.15. The minimum absolute atomic E-state index is 0.272. The van der Waals surface area contributed by atoms with Crippen LogP contribution in [0.2, 0.25) is 0 Å². The van der Waals surface area contributed by atoms with E-state index < -0.39 is 0 Å². The fourth-order valence-corrected chi connectivity index (χ4v) is 0.937. The maximum atomic E-state index is 5.70. The molecule has 2 heteroatoms. The number of halogens is 1. The molecule has 1 fully saturated rings. The highest BCUT2D eigenvalue weighted by atomic mass is 35.5. The zero-order valence-corrected chi connectivity index (χ0v) is 4.91. The summed E-state index contributed by atoms with van der Waals surface area (Å²) in [6.07, 6.45) is 2.35. The second-order valence-electron chi connectivity index (χ2n) is 1.78. The lowest BCUT2D eigenvalue weighted by molar-refractivity contribution is 0.586. The van der Waals surface area contributed by atoms with Crippen molar-refractivity contribution in [1.82, 2.24) is 5.32 Å². The van der Waals surface area contributed by atoms with Crippen molar-refractivity contribution in [3.05, 3.63) is 6.54 Å². The Morgan fingerprint density at radius 1 is 1.71 bits per heavy atom. The Labute approximate surface area is 49.0 Å². The summed E-state index contributed by atoms with van der Waals surface area (Å²) in [5, 5.41) is 3.35. The second kappa shape index (κ2) is 2.53. The molecule has 0 amide bonds. The third-order valence-corrected chi connectivity index (χ3v) is 1.44. The number of alkyl halides is 1. The first-order chi connectivity index (χ1) is 3.39. The first-order valence-corrected chi connectivity index (χ1v) is 3.04. The highest BCUT2D eigenvalue weighted by molar-refractivity contribution is 6.21. The maximum Gasteiger partial charge on any atom is 0.0505 e. The van der Waals surface area contributed by atoms with E-state index in [4.69, 9.17) is 11.6 Å². The van der Waals surface area contributed by atoms with E-state index in [1.54, 1.807) is 0 Å². The molecule has 0 spiro atoms. The topological polar surface area (TPSA) is 12.0 Å². The Kier molecular flexibility index (Phi) is 1.95. The average molecular weight is 119 g/mol. The van der Waals surface area contributed by atoms with Gasteiger partial charge >= 0.3 is 0 Å². The molecule has 1 aliphatic heterocycles. The molecule has 1 N–H and O–H groups in total. The van der Waals surface area contributed by atoms with E-state index in [-0.39, 0.29) is 5.38 Å². The zero-order chi connectivity index (χ0) is 5.11. The van der Waals surface area contributed by atoms with Crippen molar-refractivity contribution in [3.63, 3.8) is 0 Å². The Hall–Kier alpha value is 0.250. The van der Waals surface area contributed by atoms with Gasteiger partial charge < -0.3 is 5.32 Å². The second-order valence-corrected chi connectivity index (χ2v) is 2.34. The van der Waals surface area contributed by atoms with Crippen molar-refractivity contribution < 1.29 is 0 Å². The summed E-state index contributed by atoms with van der Waals surface area (Å²) in [7, 11) is 0. The van der Waals surface area contributed by atoms with Gasteiger partial charge in [0.05, 0.1) is 5.38 Å². The average Bonchev–Trinajstić information content (AvgIpc) is 1.69. The van der Waals surface area contributed by atoms with E-state index in [9.17, 15) is 0 Å². The van der Waals surface area contributed by atoms with E-state index >= 15 is 0 Å². The van der Waals surface area contributed by atoms with Crippen LogP contribution in [-0.2, 0) is 0 Å². The van der Waals surface area contributed by atoms with E-state index in [1.165, 1.54) is 6.42 Å². The molecule has 0 bridgehead atoms. The summed E-state index contributed by atoms with van der Waals surface area (Å²) < 4.78 is 0. The number of nitrogens with one attached hydrogen (secondary N) is 1. The summed E-state index contributed by atoms with van der Waals surface area (Å²) in [6, 6.07) is 0. The van der Waals surface area contributed by atoms with Crippen molar-refractivity contribution in [3.8, 4) is 0 Å². The van der Waals surface area contributed by atoms with Crippen molar-refractivity contribution in [1.29, 1.82) is 0 Å². The number of piperidine rings is 1. The first kappa shape index (κ1) is 5.39. The molecular weight excluding hydrogens is 110 g/mol. The van der Waals surface area contributed by atoms with E-state index in [0.717, 1.165) is 13.0 Å². The summed E-state index contributed by atoms with van der Waals surface area (Å²) in [5.74, 6) is 0. The van der Waals surface area contributed by atoms with Crippen LogP contribution < -0.4 is 5.32 Å². The van der Waals surface area contributed by atoms with E-state index in [0.29, 0.717) is 0 Å². The lowest BCUT2D eigenvalue weighted by Gasteiger charge is -2.14. The Balaban J connectivity index is 2.12. The van der Waals surface area contributed by atoms with Crippen LogP contribution in [0.3, 0.4) is 0 Å². The van der Waals surface area contributed by atoms with Crippen LogP contribution in [0.1, 0.15) is 12.8 Å². The number of rotatable bonds is 0. The Morgan fingerprint density at radius 2 is 2.57 bits per heavy atom. The van der Waals surface area contributed by atoms with Gasteiger partial charge in [-0.05, 0) is 19.4 Å². The lowest BCUT2D eigenvalue weighted by atomic mass is 10.2. The van der Waals surface area contributed by atoms with Gasteiger partial charge in [0.25, 0.3) is 0 Å². The van der Waals surface area contributed by atoms with Crippen LogP contribution in [-0.4, -0.2) is 11.9 Å². The van der Waals surface area contributed by atoms with Gasteiger partial charge in [0.2, 0.25) is 0 Å². The molecule has 0 saturated carbocycles. The van der Waals surface area contributed by atoms with Crippen molar-refractivity contribution >= 4 is 11.6 Å². The van der Waals surface area contributed by atoms with Crippen molar-refractivity contribution in [2.75, 3.05) is 6.54 Å². The van der Waals surface area contributed by atoms with Crippen molar-refractivity contribution in [2.45, 2.75) is 18.2 Å². The van der Waals surface area contributed by atoms with Crippen LogP contribution in [0.4, 0.5) is 0 Å². The minimum atomic E-state index is 0.272. The monoisotopic (exact) mass is 118 g/mol. The highest BCUT2D eigenvalue weighted by Gasteiger charge is 2.07. The standard InChI is InChI=1S/C5H9ClN/c6-5-2-1-3-7-4-5/h4-5,7H,1-3H2. The summed E-state index contributed by atoms with van der Waals surface area (Å²) in [5.41, 5.74) is 0. The quantitative estimate of drug-likeness (QED) is 0.471. The molecule has 1 rings (SSSR count). The van der Waals surface area contributed by atoms with E-state index in [2.05, 4.69) is 5.32 Å². The Morgan fingerprint density at radius 3 is 2.86 bits per heavy atom. The predicted octanol–water partition coefficient (Wildman–Crippen LogP) is 1.14. The largest absolute Gasteiger partial charge is 0.311 e. The fourth-order valence-electron chi connectivity index (χ4n) is 0.694. The molecule has 1 heterocycles. The van der Waals surface area contributed by atoms with E-state index in [1.807, 2.05) is 6.54 Å². The lowest BCUT2D eigenvalue weighted by Crippen LogP contribution is -2.24. The van der Waals surface area contributed by atoms with Crippen molar-refractivity contribution in [2.24, 2.45) is 0 Å². The molecule has 1 saturated heterocycles. The molecule has 0 aliphatic carbocycles. The summed E-state index contributed by atoms with van der Waals surface area (Å²) in [4.78, 5) is 0. The molecule has 41 valence electrons. The van der Waals surface area contributed by atoms with Gasteiger partial charge in [-0.1, -0.05) is 0 Å². The maximum absolute atomic E-state index is 5.70. The van der Waals surface area contributed by atoms with Gasteiger partial charge in [0, 0.05) is 6.54 Å². The highest BCUT2D eigenvalue weighted by Crippen LogP contribution is 2.10. The van der Waals surface area contributed by atoms with Crippen LogP contribution in [0.25, 0.3) is 0 Å². The van der Waals surface area contributed by atoms with Gasteiger partial charge in [-0.2, -0.15) is 0 Å². The molecule has 1 aliphatic rings.